The van der Waals surface area contributed by atoms with Crippen LogP contribution >= 0.6 is 11.8 Å². The number of benzene rings is 2. The van der Waals surface area contributed by atoms with Crippen LogP contribution in [0.3, 0.4) is 0 Å². The Morgan fingerprint density at radius 1 is 1.16 bits per heavy atom. The van der Waals surface area contributed by atoms with E-state index in [0.29, 0.717) is 11.8 Å². The quantitative estimate of drug-likeness (QED) is 0.897. The number of nitrogens with zero attached hydrogens (tertiary/aromatic N) is 1. The molecule has 132 valence electrons. The predicted octanol–water partition coefficient (Wildman–Crippen LogP) is 4.09. The molecular weight excluding hydrogens is 332 g/mol. The van der Waals surface area contributed by atoms with Gasteiger partial charge in [0.2, 0.25) is 0 Å². The lowest BCUT2D eigenvalue weighted by Gasteiger charge is -2.21. The molecule has 2 aromatic rings. The molecule has 0 unspecified atom stereocenters. The number of hydrogen-bond donors (Lipinski definition) is 1. The molecule has 1 N–H and O–H groups in total. The Hall–Kier alpha value is -2.14. The van der Waals surface area contributed by atoms with Gasteiger partial charge in [0, 0.05) is 30.6 Å². The molecular formula is C20H24N2O2S. The molecule has 1 heterocycles. The molecule has 1 aliphatic heterocycles. The van der Waals surface area contributed by atoms with Gasteiger partial charge in [0.05, 0.1) is 7.11 Å². The van der Waals surface area contributed by atoms with Crippen LogP contribution < -0.4 is 10.1 Å². The molecule has 5 heteroatoms. The SMILES string of the molecule is COc1ccc(CNC(=O)N2CCS[C@@H](c3ccccc3)CC2)cc1. The standard InChI is InChI=1S/C20H24N2O2S/c1-24-18-9-7-16(8-10-18)15-21-20(23)22-12-11-19(25-14-13-22)17-5-3-2-4-6-17/h2-10,19H,11-15H2,1H3,(H,21,23)/t19-/m1/s1. The molecule has 0 radical (unpaired) electrons. The highest BCUT2D eigenvalue weighted by Gasteiger charge is 2.21. The van der Waals surface area contributed by atoms with Crippen molar-refractivity contribution in [2.45, 2.75) is 18.2 Å². The van der Waals surface area contributed by atoms with Crippen LogP contribution in [0.5, 0.6) is 5.75 Å². The number of methoxy groups -OCH3 is 1. The summed E-state index contributed by atoms with van der Waals surface area (Å²) in [7, 11) is 1.65. The van der Waals surface area contributed by atoms with Gasteiger partial charge in [-0.2, -0.15) is 11.8 Å². The molecule has 3 rings (SSSR count). The third-order valence-electron chi connectivity index (χ3n) is 4.40. The van der Waals surface area contributed by atoms with Crippen molar-refractivity contribution < 1.29 is 9.53 Å². The van der Waals surface area contributed by atoms with Gasteiger partial charge in [-0.15, -0.1) is 0 Å². The first kappa shape index (κ1) is 17.7. The van der Waals surface area contributed by atoms with Crippen molar-refractivity contribution in [2.75, 3.05) is 26.0 Å². The molecule has 0 bridgehead atoms. The normalized spacial score (nSPS) is 17.6. The summed E-state index contributed by atoms with van der Waals surface area (Å²) in [6, 6.07) is 18.4. The molecule has 4 nitrogen and oxygen atoms in total. The number of nitrogens with one attached hydrogen (secondary N) is 1. The maximum Gasteiger partial charge on any atom is 0.317 e. The molecule has 0 aliphatic carbocycles. The van der Waals surface area contributed by atoms with Crippen LogP contribution in [-0.4, -0.2) is 36.9 Å². The summed E-state index contributed by atoms with van der Waals surface area (Å²) in [4.78, 5) is 14.4. The summed E-state index contributed by atoms with van der Waals surface area (Å²) in [6.07, 6.45) is 0.991. The molecule has 0 saturated carbocycles. The van der Waals surface area contributed by atoms with Crippen molar-refractivity contribution in [3.63, 3.8) is 0 Å². The van der Waals surface area contributed by atoms with Gasteiger partial charge in [-0.3, -0.25) is 0 Å². The number of carbonyl (C=O) groups is 1. The second kappa shape index (κ2) is 8.81. The van der Waals surface area contributed by atoms with Crippen molar-refractivity contribution in [3.8, 4) is 5.75 Å². The molecule has 1 saturated heterocycles. The lowest BCUT2D eigenvalue weighted by atomic mass is 10.1. The Morgan fingerprint density at radius 3 is 2.64 bits per heavy atom. The second-order valence-electron chi connectivity index (χ2n) is 6.05. The predicted molar refractivity (Wildman–Crippen MR) is 103 cm³/mol. The molecule has 0 aromatic heterocycles. The number of thioether (sulfide) groups is 1. The van der Waals surface area contributed by atoms with Crippen LogP contribution in [0.15, 0.2) is 54.6 Å². The lowest BCUT2D eigenvalue weighted by Crippen LogP contribution is -2.40. The maximum absolute atomic E-state index is 12.5. The first-order valence-electron chi connectivity index (χ1n) is 8.58. The molecule has 2 aromatic carbocycles. The third kappa shape index (κ3) is 4.92. The fourth-order valence-corrected chi connectivity index (χ4v) is 4.17. The molecule has 1 fully saturated rings. The van der Waals surface area contributed by atoms with Gasteiger partial charge in [0.25, 0.3) is 0 Å². The summed E-state index contributed by atoms with van der Waals surface area (Å²) >= 11 is 1.94. The average molecular weight is 356 g/mol. The smallest absolute Gasteiger partial charge is 0.317 e. The molecule has 1 aliphatic rings. The zero-order valence-electron chi connectivity index (χ0n) is 14.5. The number of ether oxygens (including phenoxy) is 1. The first-order chi connectivity index (χ1) is 12.3. The minimum Gasteiger partial charge on any atom is -0.497 e. The van der Waals surface area contributed by atoms with E-state index in [2.05, 4.69) is 29.6 Å². The average Bonchev–Trinajstić information content (AvgIpc) is 2.93. The van der Waals surface area contributed by atoms with Crippen molar-refractivity contribution in [3.05, 3.63) is 65.7 Å². The van der Waals surface area contributed by atoms with Gasteiger partial charge in [-0.25, -0.2) is 4.79 Å². The molecule has 25 heavy (non-hydrogen) atoms. The molecule has 2 amide bonds. The van der Waals surface area contributed by atoms with Gasteiger partial charge < -0.3 is 15.0 Å². The summed E-state index contributed by atoms with van der Waals surface area (Å²) in [5, 5.41) is 3.50. The van der Waals surface area contributed by atoms with Crippen molar-refractivity contribution in [1.82, 2.24) is 10.2 Å². The fourth-order valence-electron chi connectivity index (χ4n) is 2.94. The number of hydrogen-bond acceptors (Lipinski definition) is 3. The molecule has 1 atom stereocenters. The van der Waals surface area contributed by atoms with E-state index in [9.17, 15) is 4.79 Å². The van der Waals surface area contributed by atoms with Crippen LogP contribution in [0.25, 0.3) is 0 Å². The van der Waals surface area contributed by atoms with Crippen LogP contribution in [0, 0.1) is 0 Å². The van der Waals surface area contributed by atoms with Gasteiger partial charge in [-0.1, -0.05) is 42.5 Å². The first-order valence-corrected chi connectivity index (χ1v) is 9.63. The monoisotopic (exact) mass is 356 g/mol. The fraction of sp³-hybridized carbons (Fsp3) is 0.350. The minimum absolute atomic E-state index is 0.0186. The van der Waals surface area contributed by atoms with Crippen LogP contribution in [-0.2, 0) is 6.54 Å². The maximum atomic E-state index is 12.5. The van der Waals surface area contributed by atoms with Crippen LogP contribution in [0.2, 0.25) is 0 Å². The van der Waals surface area contributed by atoms with E-state index in [1.54, 1.807) is 7.11 Å². The van der Waals surface area contributed by atoms with Crippen LogP contribution in [0.1, 0.15) is 22.8 Å². The summed E-state index contributed by atoms with van der Waals surface area (Å²) in [6.45, 7) is 2.12. The van der Waals surface area contributed by atoms with E-state index in [1.165, 1.54) is 5.56 Å². The topological polar surface area (TPSA) is 41.6 Å². The van der Waals surface area contributed by atoms with E-state index in [0.717, 1.165) is 36.6 Å². The van der Waals surface area contributed by atoms with E-state index in [-0.39, 0.29) is 6.03 Å². The summed E-state index contributed by atoms with van der Waals surface area (Å²) < 4.78 is 5.15. The number of amides is 2. The zero-order chi connectivity index (χ0) is 17.5. The van der Waals surface area contributed by atoms with Crippen molar-refractivity contribution in [2.24, 2.45) is 0 Å². The van der Waals surface area contributed by atoms with Crippen LogP contribution in [0.4, 0.5) is 4.79 Å². The van der Waals surface area contributed by atoms with Gasteiger partial charge in [0.15, 0.2) is 0 Å². The Labute approximate surface area is 153 Å². The second-order valence-corrected chi connectivity index (χ2v) is 7.36. The van der Waals surface area contributed by atoms with E-state index < -0.39 is 0 Å². The van der Waals surface area contributed by atoms with E-state index in [1.807, 2.05) is 47.0 Å². The van der Waals surface area contributed by atoms with Crippen molar-refractivity contribution >= 4 is 17.8 Å². The Morgan fingerprint density at radius 2 is 1.92 bits per heavy atom. The zero-order valence-corrected chi connectivity index (χ0v) is 15.3. The Balaban J connectivity index is 1.50. The van der Waals surface area contributed by atoms with E-state index >= 15 is 0 Å². The highest BCUT2D eigenvalue weighted by molar-refractivity contribution is 7.99. The third-order valence-corrected chi connectivity index (χ3v) is 5.73. The highest BCUT2D eigenvalue weighted by Crippen LogP contribution is 2.34. The number of carbonyl (C=O) groups excluding carboxylic acids is 1. The minimum atomic E-state index is 0.0186. The van der Waals surface area contributed by atoms with Gasteiger partial charge in [-0.05, 0) is 29.7 Å². The Kier molecular flexibility index (Phi) is 6.23. The summed E-state index contributed by atoms with van der Waals surface area (Å²) in [5.41, 5.74) is 2.42. The molecule has 0 spiro atoms. The van der Waals surface area contributed by atoms with E-state index in [4.69, 9.17) is 4.74 Å². The Bertz CT molecular complexity index is 676. The lowest BCUT2D eigenvalue weighted by molar-refractivity contribution is 0.200. The summed E-state index contributed by atoms with van der Waals surface area (Å²) in [5.74, 6) is 1.79. The number of rotatable bonds is 4. The number of urea groups is 1. The van der Waals surface area contributed by atoms with Gasteiger partial charge >= 0.3 is 6.03 Å². The van der Waals surface area contributed by atoms with Crippen molar-refractivity contribution in [1.29, 1.82) is 0 Å². The largest absolute Gasteiger partial charge is 0.497 e. The van der Waals surface area contributed by atoms with Gasteiger partial charge in [0.1, 0.15) is 5.75 Å². The highest BCUT2D eigenvalue weighted by atomic mass is 32.2.